The van der Waals surface area contributed by atoms with E-state index in [1.807, 2.05) is 6.92 Å². The van der Waals surface area contributed by atoms with Crippen LogP contribution < -0.4 is 21.7 Å². The van der Waals surface area contributed by atoms with E-state index in [1.54, 1.807) is 6.92 Å². The van der Waals surface area contributed by atoms with Gasteiger partial charge in [-0.2, -0.15) is 0 Å². The minimum Gasteiger partial charge on any atom is 0 e. The number of hydrogen-bond donors (Lipinski definition) is 4. The first-order valence-corrected chi connectivity index (χ1v) is 40.7. The topological polar surface area (TPSA) is 132 Å². The number of rotatable bonds is 14. The molecule has 274 valence electrons. The molecular formula is C27H62BI6N4O4V3. The fourth-order valence-corrected chi connectivity index (χ4v) is 2.11. The molecule has 0 aromatic rings. The number of halogens is 6. The summed E-state index contributed by atoms with van der Waals surface area (Å²) in [5.74, 6) is 0.292. The monoisotopic (exact) mass is 1430 g/mol. The van der Waals surface area contributed by atoms with Crippen LogP contribution >= 0.6 is 120 Å². The largest absolute Gasteiger partial charge is 0 e. The van der Waals surface area contributed by atoms with Crippen molar-refractivity contribution in [3.05, 3.63) is 7.43 Å². The van der Waals surface area contributed by atoms with E-state index in [1.165, 1.54) is 39.5 Å². The molecule has 0 aliphatic heterocycles. The van der Waals surface area contributed by atoms with Gasteiger partial charge in [0.2, 0.25) is 17.7 Å². The number of ketones is 1. The zero-order valence-electron chi connectivity index (χ0n) is 27.9. The van der Waals surface area contributed by atoms with E-state index < -0.39 is 0 Å². The summed E-state index contributed by atoms with van der Waals surface area (Å²) in [6.45, 7) is 16.2. The van der Waals surface area contributed by atoms with Gasteiger partial charge in [-0.25, -0.2) is 0 Å². The second-order valence-corrected chi connectivity index (χ2v) is 78.9. The molecule has 0 aromatic heterocycles. The second kappa shape index (κ2) is 69.9. The fraction of sp³-hybridized carbons (Fsp3) is 0.815. The number of amides is 3. The minimum absolute atomic E-state index is 0. The third kappa shape index (κ3) is 150. The third-order valence-electron chi connectivity index (χ3n) is 3.97. The van der Waals surface area contributed by atoms with Crippen molar-refractivity contribution in [1.82, 2.24) is 16.0 Å². The number of carbonyl (C=O) groups excluding carboxylic acids is 4. The molecule has 0 fully saturated rings. The van der Waals surface area contributed by atoms with Crippen LogP contribution in [-0.2, 0) is 47.6 Å². The van der Waals surface area contributed by atoms with E-state index in [2.05, 4.69) is 162 Å². The maximum Gasteiger partial charge on any atom is 0 e. The van der Waals surface area contributed by atoms with Crippen LogP contribution in [0.2, 0.25) is 0 Å². The van der Waals surface area contributed by atoms with Crippen LogP contribution in [0.25, 0.3) is 0 Å². The molecular weight excluding hydrogens is 1370 g/mol. The molecule has 0 aliphatic carbocycles. The summed E-state index contributed by atoms with van der Waals surface area (Å²) in [4.78, 5) is 41.2. The van der Waals surface area contributed by atoms with E-state index in [4.69, 9.17) is 0 Å². The van der Waals surface area contributed by atoms with E-state index in [0.29, 0.717) is 19.4 Å². The Kier molecular flexibility index (Phi) is 116. The Morgan fingerprint density at radius 1 is 0.578 bits per heavy atom. The van der Waals surface area contributed by atoms with Crippen LogP contribution in [0.4, 0.5) is 0 Å². The summed E-state index contributed by atoms with van der Waals surface area (Å²) in [5, 5.41) is 8.02. The first-order chi connectivity index (χ1) is 19.1. The average molecular weight is 1430 g/mol. The normalized spacial score (nSPS) is 8.18. The van der Waals surface area contributed by atoms with Crippen LogP contribution in [0.15, 0.2) is 0 Å². The van der Waals surface area contributed by atoms with Gasteiger partial charge in [-0.15, -0.1) is 0 Å². The SMILES string of the molecule is C.CCCC(=O)CCNC(C)=O.CCCCCNC(C)=O.CCCCNC(C)=O.CCCC[NH3+].[B].[CH3-].[I][V]([I])[I].[I][V]([I])[I].[V]. The Hall–Kier alpha value is 4.24. The van der Waals surface area contributed by atoms with E-state index in [9.17, 15) is 19.2 Å². The van der Waals surface area contributed by atoms with Crippen LogP contribution in [-0.4, -0.2) is 58.1 Å². The van der Waals surface area contributed by atoms with Gasteiger partial charge < -0.3 is 29.1 Å². The molecule has 0 aromatic carbocycles. The van der Waals surface area contributed by atoms with Crippen molar-refractivity contribution < 1.29 is 53.3 Å². The molecule has 0 saturated heterocycles. The summed E-state index contributed by atoms with van der Waals surface area (Å²) in [5.41, 5.74) is 3.68. The standard InChI is InChI=1S/C8H15NO2.C7H15NO.C6H13NO.C4H11N.CH4.CH3.B.6HI.3V/c1-3-4-8(11)5-6-9-7(2)10;1-3-4-5-6-8-7(2)9;1-3-4-5-7-6(2)8;1-2-3-4-5;;;;;;;;;;;;/h3-6H2,1-2H3,(H,9,10);3-6H2,1-2H3,(H,8,9);3-5H2,1-2H3,(H,7,8);2-5H2,1H3;1H4;1H3;;6*1H;;;/q;;;;;-1;;;;;;;;;2*+3/p-5. The molecule has 45 heavy (non-hydrogen) atoms. The Labute approximate surface area is 368 Å². The minimum atomic E-state index is -0.278. The first-order valence-electron chi connectivity index (χ1n) is 13.7. The van der Waals surface area contributed by atoms with E-state index in [0.717, 1.165) is 45.3 Å². The number of hydrogen-bond acceptors (Lipinski definition) is 4. The summed E-state index contributed by atoms with van der Waals surface area (Å²) in [7, 11) is 0. The number of carbonyl (C=O) groups is 4. The van der Waals surface area contributed by atoms with E-state index in [-0.39, 0.29) is 75.2 Å². The van der Waals surface area contributed by atoms with E-state index >= 15 is 0 Å². The van der Waals surface area contributed by atoms with Crippen LogP contribution in [0.1, 0.15) is 120 Å². The van der Waals surface area contributed by atoms with Crippen molar-refractivity contribution in [2.75, 3.05) is 26.2 Å². The van der Waals surface area contributed by atoms with Gasteiger partial charge >= 0.3 is 130 Å². The van der Waals surface area contributed by atoms with Gasteiger partial charge in [-0.1, -0.05) is 60.8 Å². The van der Waals surface area contributed by atoms with Gasteiger partial charge in [0.05, 0.1) is 6.54 Å². The molecule has 18 heteroatoms. The third-order valence-corrected chi connectivity index (χ3v) is 3.97. The van der Waals surface area contributed by atoms with Gasteiger partial charge in [0, 0.05) is 80.2 Å². The molecule has 0 saturated carbocycles. The molecule has 0 heterocycles. The van der Waals surface area contributed by atoms with Crippen molar-refractivity contribution in [3.63, 3.8) is 0 Å². The molecule has 0 unspecified atom stereocenters. The van der Waals surface area contributed by atoms with Gasteiger partial charge in [-0.3, -0.25) is 19.2 Å². The predicted octanol–water partition coefficient (Wildman–Crippen LogP) is 9.16. The van der Waals surface area contributed by atoms with Gasteiger partial charge in [-0.05, 0) is 25.7 Å². The molecule has 8 nitrogen and oxygen atoms in total. The van der Waals surface area contributed by atoms with Crippen molar-refractivity contribution in [3.8, 4) is 0 Å². The van der Waals surface area contributed by atoms with Gasteiger partial charge in [0.15, 0.2) is 0 Å². The summed E-state index contributed by atoms with van der Waals surface area (Å²) < 4.78 is 0. The molecule has 6 N–H and O–H groups in total. The zero-order chi connectivity index (χ0) is 33.5. The molecule has 3 amide bonds. The Morgan fingerprint density at radius 2 is 0.889 bits per heavy atom. The molecule has 4 radical (unpaired) electrons. The van der Waals surface area contributed by atoms with Crippen molar-refractivity contribution >= 4 is 152 Å². The number of nitrogens with one attached hydrogen (secondary N) is 3. The molecule has 0 aliphatic rings. The van der Waals surface area contributed by atoms with Gasteiger partial charge in [0.25, 0.3) is 0 Å². The van der Waals surface area contributed by atoms with Crippen molar-refractivity contribution in [2.24, 2.45) is 0 Å². The Morgan fingerprint density at radius 3 is 1.13 bits per heavy atom. The maximum atomic E-state index is 10.9. The van der Waals surface area contributed by atoms with Gasteiger partial charge in [0.1, 0.15) is 5.78 Å². The predicted molar refractivity (Wildman–Crippen MR) is 241 cm³/mol. The molecule has 0 bridgehead atoms. The Balaban J connectivity index is -0.0000000416. The number of Topliss-reactive ketones (excluding diaryl/α,β-unsaturated/α-hetero) is 1. The second-order valence-electron chi connectivity index (χ2n) is 8.14. The van der Waals surface area contributed by atoms with Crippen molar-refractivity contribution in [1.29, 1.82) is 0 Å². The molecule has 0 atom stereocenters. The fourth-order valence-electron chi connectivity index (χ4n) is 2.11. The summed E-state index contributed by atoms with van der Waals surface area (Å²) >= 11 is 14.8. The molecule has 0 spiro atoms. The smallest absolute Gasteiger partial charge is 0 e. The first kappa shape index (κ1) is 74.4. The summed E-state index contributed by atoms with van der Waals surface area (Å²) in [6, 6.07) is 0. The Bertz CT molecular complexity index is 571. The van der Waals surface area contributed by atoms with Crippen LogP contribution in [0.5, 0.6) is 0 Å². The maximum absolute atomic E-state index is 10.9. The average Bonchev–Trinajstić information content (AvgIpc) is 2.83. The summed E-state index contributed by atoms with van der Waals surface area (Å²) in [6.07, 6.45) is 10.3. The number of unbranched alkanes of at least 4 members (excludes halogenated alkanes) is 4. The quantitative estimate of drug-likeness (QED) is 0.0598. The zero-order valence-corrected chi connectivity index (χ0v) is 45.1. The molecule has 0 rings (SSSR count). The van der Waals surface area contributed by atoms with Crippen LogP contribution in [0, 0.1) is 7.43 Å². The number of quaternary nitrogens is 1. The van der Waals surface area contributed by atoms with Crippen LogP contribution in [0.3, 0.4) is 0 Å². The van der Waals surface area contributed by atoms with Crippen molar-refractivity contribution in [2.45, 2.75) is 120 Å².